The Morgan fingerprint density at radius 3 is 2.76 bits per heavy atom. The second-order valence-corrected chi connectivity index (χ2v) is 5.70. The van der Waals surface area contributed by atoms with Gasteiger partial charge >= 0.3 is 7.62 Å². The molecule has 17 heavy (non-hydrogen) atoms. The lowest BCUT2D eigenvalue weighted by Crippen LogP contribution is -2.35. The summed E-state index contributed by atoms with van der Waals surface area (Å²) in [7, 11) is 3.35. The van der Waals surface area contributed by atoms with Crippen molar-refractivity contribution in [2.45, 2.75) is 17.4 Å². The summed E-state index contributed by atoms with van der Waals surface area (Å²) < 4.78 is 4.95. The number of hydrogen-bond donors (Lipinski definition) is 1. The fourth-order valence-corrected chi connectivity index (χ4v) is 2.88. The van der Waals surface area contributed by atoms with Crippen LogP contribution < -0.4 is 5.23 Å². The van der Waals surface area contributed by atoms with Crippen LogP contribution in [0.2, 0.25) is 0 Å². The van der Waals surface area contributed by atoms with Crippen molar-refractivity contribution in [2.24, 2.45) is 0 Å². The molecule has 0 aliphatic rings. The normalized spacial score (nSPS) is 12.4. The van der Waals surface area contributed by atoms with E-state index in [4.69, 9.17) is 4.65 Å². The Kier molecular flexibility index (Phi) is 8.70. The molecule has 0 bridgehead atoms. The van der Waals surface area contributed by atoms with Gasteiger partial charge in [0.2, 0.25) is 0 Å². The van der Waals surface area contributed by atoms with Crippen molar-refractivity contribution < 1.29 is 4.65 Å². The van der Waals surface area contributed by atoms with Gasteiger partial charge in [-0.1, -0.05) is 18.2 Å². The molecule has 0 saturated heterocycles. The van der Waals surface area contributed by atoms with Crippen LogP contribution in [0.4, 0.5) is 0 Å². The van der Waals surface area contributed by atoms with Gasteiger partial charge in [-0.2, -0.15) is 11.8 Å². The highest BCUT2D eigenvalue weighted by Gasteiger charge is 2.08. The molecule has 1 unspecified atom stereocenters. The highest BCUT2D eigenvalue weighted by Crippen LogP contribution is 2.19. The van der Waals surface area contributed by atoms with Crippen LogP contribution in [0.3, 0.4) is 0 Å². The minimum atomic E-state index is 0.465. The van der Waals surface area contributed by atoms with E-state index in [-0.39, 0.29) is 0 Å². The van der Waals surface area contributed by atoms with Crippen molar-refractivity contribution in [3.05, 3.63) is 30.3 Å². The summed E-state index contributed by atoms with van der Waals surface area (Å²) in [6.07, 6.45) is 3.29. The fourth-order valence-electron chi connectivity index (χ4n) is 1.35. The zero-order valence-corrected chi connectivity index (χ0v) is 12.0. The van der Waals surface area contributed by atoms with Crippen LogP contribution in [0.5, 0.6) is 0 Å². The van der Waals surface area contributed by atoms with Gasteiger partial charge in [-0.05, 0) is 30.6 Å². The van der Waals surface area contributed by atoms with Gasteiger partial charge in [-0.15, -0.1) is 11.8 Å². The summed E-state index contributed by atoms with van der Waals surface area (Å²) in [6, 6.07) is 11.0. The van der Waals surface area contributed by atoms with Gasteiger partial charge in [0.15, 0.2) is 0 Å². The molecule has 0 aromatic heterocycles. The Labute approximate surface area is 114 Å². The standard InChI is InChI=1S/C12H19BNOS2/c1-15-13-14-11(8-9-16-2)10-17-12-6-4-3-5-7-12/h3-7,11,14H,8-10H2,1-2H3. The zero-order valence-electron chi connectivity index (χ0n) is 10.4. The van der Waals surface area contributed by atoms with Crippen LogP contribution in [0.15, 0.2) is 35.2 Å². The maximum absolute atomic E-state index is 4.95. The quantitative estimate of drug-likeness (QED) is 0.549. The number of nitrogens with one attached hydrogen (secondary N) is 1. The SMILES string of the molecule is CO[B]NC(CCSC)CSc1ccccc1. The number of benzene rings is 1. The third-order valence-electron chi connectivity index (χ3n) is 2.29. The van der Waals surface area contributed by atoms with Gasteiger partial charge in [0.1, 0.15) is 0 Å². The molecule has 0 amide bonds. The summed E-state index contributed by atoms with van der Waals surface area (Å²) in [5.74, 6) is 2.23. The lowest BCUT2D eigenvalue weighted by atomic mass is 10.1. The molecule has 0 saturated carbocycles. The lowest BCUT2D eigenvalue weighted by Gasteiger charge is -2.16. The summed E-state index contributed by atoms with van der Waals surface area (Å²) in [6.45, 7) is 0. The first-order chi connectivity index (χ1) is 8.36. The Morgan fingerprint density at radius 2 is 2.12 bits per heavy atom. The van der Waals surface area contributed by atoms with Crippen molar-refractivity contribution >= 4 is 31.1 Å². The maximum atomic E-state index is 4.95. The average Bonchev–Trinajstić information content (AvgIpc) is 2.39. The Bertz CT molecular complexity index is 279. The molecule has 93 valence electrons. The van der Waals surface area contributed by atoms with Gasteiger partial charge in [0.05, 0.1) is 0 Å². The Hall–Kier alpha value is -0.0951. The van der Waals surface area contributed by atoms with Crippen LogP contribution in [-0.2, 0) is 4.65 Å². The van der Waals surface area contributed by atoms with E-state index < -0.39 is 0 Å². The van der Waals surface area contributed by atoms with E-state index >= 15 is 0 Å². The van der Waals surface area contributed by atoms with Gasteiger partial charge in [0.25, 0.3) is 0 Å². The van der Waals surface area contributed by atoms with Gasteiger partial charge in [-0.3, -0.25) is 0 Å². The molecule has 1 rings (SSSR count). The van der Waals surface area contributed by atoms with Crippen molar-refractivity contribution in [1.82, 2.24) is 5.23 Å². The second kappa shape index (κ2) is 9.89. The molecular weight excluding hydrogens is 249 g/mol. The topological polar surface area (TPSA) is 21.3 Å². The van der Waals surface area contributed by atoms with Crippen molar-refractivity contribution in [3.63, 3.8) is 0 Å². The molecule has 1 radical (unpaired) electrons. The Morgan fingerprint density at radius 1 is 1.35 bits per heavy atom. The molecule has 0 spiro atoms. The molecule has 2 nitrogen and oxygen atoms in total. The minimum absolute atomic E-state index is 0.465. The van der Waals surface area contributed by atoms with Gasteiger partial charge in [0, 0.05) is 23.8 Å². The molecule has 0 fully saturated rings. The summed E-state index contributed by atoms with van der Waals surface area (Å²) in [4.78, 5) is 1.32. The molecule has 0 aliphatic carbocycles. The first-order valence-electron chi connectivity index (χ1n) is 5.64. The summed E-state index contributed by atoms with van der Waals surface area (Å²) in [5.41, 5.74) is 0. The monoisotopic (exact) mass is 268 g/mol. The van der Waals surface area contributed by atoms with E-state index in [0.717, 1.165) is 12.2 Å². The molecule has 1 atom stereocenters. The molecular formula is C12H19BNOS2. The van der Waals surface area contributed by atoms with Crippen molar-refractivity contribution in [2.75, 3.05) is 24.9 Å². The van der Waals surface area contributed by atoms with Gasteiger partial charge in [-0.25, -0.2) is 0 Å². The average molecular weight is 268 g/mol. The number of hydrogen-bond acceptors (Lipinski definition) is 4. The number of thioether (sulfide) groups is 2. The second-order valence-electron chi connectivity index (χ2n) is 3.62. The maximum Gasteiger partial charge on any atom is 0.395 e. The van der Waals surface area contributed by atoms with E-state index in [1.54, 1.807) is 14.7 Å². The van der Waals surface area contributed by atoms with Crippen LogP contribution in [0.1, 0.15) is 6.42 Å². The van der Waals surface area contributed by atoms with Crippen LogP contribution in [0.25, 0.3) is 0 Å². The molecule has 1 N–H and O–H groups in total. The van der Waals surface area contributed by atoms with Crippen molar-refractivity contribution in [3.8, 4) is 0 Å². The predicted molar refractivity (Wildman–Crippen MR) is 79.9 cm³/mol. The van der Waals surface area contributed by atoms with Crippen molar-refractivity contribution in [1.29, 1.82) is 0 Å². The zero-order chi connectivity index (χ0) is 12.3. The lowest BCUT2D eigenvalue weighted by molar-refractivity contribution is 0.422. The smallest absolute Gasteiger partial charge is 0.395 e. The summed E-state index contributed by atoms with van der Waals surface area (Å²) >= 11 is 3.76. The third kappa shape index (κ3) is 7.04. The fraction of sp³-hybridized carbons (Fsp3) is 0.500. The van der Waals surface area contributed by atoms with Crippen LogP contribution >= 0.6 is 23.5 Å². The Balaban J connectivity index is 2.31. The largest absolute Gasteiger partial charge is 0.427 e. The van der Waals surface area contributed by atoms with E-state index in [1.165, 1.54) is 10.6 Å². The first kappa shape index (κ1) is 15.0. The van der Waals surface area contributed by atoms with Gasteiger partial charge < -0.3 is 9.88 Å². The van der Waals surface area contributed by atoms with E-state index in [9.17, 15) is 0 Å². The number of rotatable bonds is 9. The minimum Gasteiger partial charge on any atom is -0.427 e. The molecule has 5 heteroatoms. The van der Waals surface area contributed by atoms with E-state index in [0.29, 0.717) is 6.04 Å². The van der Waals surface area contributed by atoms with Crippen LogP contribution in [-0.4, -0.2) is 38.5 Å². The van der Waals surface area contributed by atoms with Crippen LogP contribution in [0, 0.1) is 0 Å². The van der Waals surface area contributed by atoms with E-state index in [2.05, 4.69) is 35.7 Å². The first-order valence-corrected chi connectivity index (χ1v) is 8.02. The molecule has 1 aromatic carbocycles. The molecule has 1 aromatic rings. The molecule has 0 aliphatic heterocycles. The highest BCUT2D eigenvalue weighted by atomic mass is 32.2. The van der Waals surface area contributed by atoms with E-state index in [1.807, 2.05) is 29.6 Å². The predicted octanol–water partition coefficient (Wildman–Crippen LogP) is 2.67. The highest BCUT2D eigenvalue weighted by molar-refractivity contribution is 7.99. The third-order valence-corrected chi connectivity index (χ3v) is 4.10. The summed E-state index contributed by atoms with van der Waals surface area (Å²) in [5, 5.41) is 3.29. The molecule has 0 heterocycles.